The van der Waals surface area contributed by atoms with E-state index in [4.69, 9.17) is 0 Å². The number of hydrogen-bond acceptors (Lipinski definition) is 5. The zero-order chi connectivity index (χ0) is 20.6. The highest BCUT2D eigenvalue weighted by Crippen LogP contribution is 2.37. The number of rotatable bonds is 4. The average Bonchev–Trinajstić information content (AvgIpc) is 3.17. The van der Waals surface area contributed by atoms with E-state index in [2.05, 4.69) is 6.07 Å². The number of thioether (sulfide) groups is 1. The number of carbonyl (C=O) groups is 2. The van der Waals surface area contributed by atoms with Crippen molar-refractivity contribution in [1.82, 2.24) is 9.21 Å². The van der Waals surface area contributed by atoms with Gasteiger partial charge in [0, 0.05) is 36.6 Å². The summed E-state index contributed by atoms with van der Waals surface area (Å²) >= 11 is 1.59. The number of nitrogens with zero attached hydrogens (tertiary/aromatic N) is 2. The standard InChI is InChI=1S/C21H22N2O4S2/c1-15(24)16-6-8-18(9-7-16)29(26,27)23-12-10-22(11-13-23)21(25)20-14-17-4-2-3-5-19(17)28-20/h2-9,20H,10-14H2,1H3. The van der Waals surface area contributed by atoms with Crippen molar-refractivity contribution in [3.8, 4) is 0 Å². The van der Waals surface area contributed by atoms with Gasteiger partial charge in [0.25, 0.3) is 0 Å². The van der Waals surface area contributed by atoms with E-state index in [-0.39, 0.29) is 34.9 Å². The summed E-state index contributed by atoms with van der Waals surface area (Å²) in [5, 5.41) is -0.130. The first kappa shape index (κ1) is 20.1. The van der Waals surface area contributed by atoms with E-state index in [0.29, 0.717) is 18.7 Å². The molecule has 2 aromatic carbocycles. The van der Waals surface area contributed by atoms with E-state index < -0.39 is 10.0 Å². The van der Waals surface area contributed by atoms with Crippen molar-refractivity contribution >= 4 is 33.5 Å². The van der Waals surface area contributed by atoms with Gasteiger partial charge in [-0.15, -0.1) is 11.8 Å². The lowest BCUT2D eigenvalue weighted by Crippen LogP contribution is -2.52. The Hall–Kier alpha value is -2.16. The van der Waals surface area contributed by atoms with Crippen molar-refractivity contribution in [3.63, 3.8) is 0 Å². The SMILES string of the molecule is CC(=O)c1ccc(S(=O)(=O)N2CCN(C(=O)C3Cc4ccccc4S3)CC2)cc1. The number of sulfonamides is 1. The quantitative estimate of drug-likeness (QED) is 0.697. The predicted molar refractivity (Wildman–Crippen MR) is 112 cm³/mol. The highest BCUT2D eigenvalue weighted by molar-refractivity contribution is 8.01. The van der Waals surface area contributed by atoms with E-state index in [9.17, 15) is 18.0 Å². The van der Waals surface area contributed by atoms with Crippen LogP contribution >= 0.6 is 11.8 Å². The summed E-state index contributed by atoms with van der Waals surface area (Å²) in [6.07, 6.45) is 0.723. The molecule has 0 spiro atoms. The molecule has 29 heavy (non-hydrogen) atoms. The van der Waals surface area contributed by atoms with Crippen LogP contribution in [-0.4, -0.2) is 60.7 Å². The number of ketones is 1. The number of carbonyl (C=O) groups excluding carboxylic acids is 2. The molecule has 1 saturated heterocycles. The highest BCUT2D eigenvalue weighted by Gasteiger charge is 2.35. The van der Waals surface area contributed by atoms with Crippen LogP contribution < -0.4 is 0 Å². The lowest BCUT2D eigenvalue weighted by molar-refractivity contribution is -0.131. The molecule has 0 aromatic heterocycles. The zero-order valence-electron chi connectivity index (χ0n) is 16.1. The second-order valence-electron chi connectivity index (χ2n) is 7.23. The summed E-state index contributed by atoms with van der Waals surface area (Å²) in [4.78, 5) is 27.4. The molecule has 0 bridgehead atoms. The average molecular weight is 431 g/mol. The first-order valence-corrected chi connectivity index (χ1v) is 11.8. The van der Waals surface area contributed by atoms with Gasteiger partial charge < -0.3 is 4.90 Å². The molecule has 152 valence electrons. The molecule has 2 aromatic rings. The summed E-state index contributed by atoms with van der Waals surface area (Å²) in [5.41, 5.74) is 1.68. The lowest BCUT2D eigenvalue weighted by Gasteiger charge is -2.35. The summed E-state index contributed by atoms with van der Waals surface area (Å²) in [6.45, 7) is 2.76. The van der Waals surface area contributed by atoms with Crippen LogP contribution in [0, 0.1) is 0 Å². The smallest absolute Gasteiger partial charge is 0.243 e. The van der Waals surface area contributed by atoms with E-state index in [1.54, 1.807) is 16.7 Å². The molecule has 0 aliphatic carbocycles. The molecule has 8 heteroatoms. The fourth-order valence-corrected chi connectivity index (χ4v) is 6.38. The first-order chi connectivity index (χ1) is 13.9. The van der Waals surface area contributed by atoms with Crippen LogP contribution in [0.1, 0.15) is 22.8 Å². The van der Waals surface area contributed by atoms with Crippen molar-refractivity contribution in [2.24, 2.45) is 0 Å². The molecule has 1 amide bonds. The Morgan fingerprint density at radius 3 is 2.24 bits per heavy atom. The van der Waals surface area contributed by atoms with Crippen LogP contribution in [0.5, 0.6) is 0 Å². The van der Waals surface area contributed by atoms with Crippen molar-refractivity contribution < 1.29 is 18.0 Å². The molecule has 2 aliphatic rings. The Morgan fingerprint density at radius 1 is 0.966 bits per heavy atom. The van der Waals surface area contributed by atoms with Gasteiger partial charge in [-0.2, -0.15) is 4.31 Å². The minimum Gasteiger partial charge on any atom is -0.339 e. The van der Waals surface area contributed by atoms with Crippen molar-refractivity contribution in [2.75, 3.05) is 26.2 Å². The highest BCUT2D eigenvalue weighted by atomic mass is 32.2. The summed E-state index contributed by atoms with van der Waals surface area (Å²) in [5.74, 6) is -0.0259. The van der Waals surface area contributed by atoms with Crippen molar-refractivity contribution in [3.05, 3.63) is 59.7 Å². The topological polar surface area (TPSA) is 74.8 Å². The number of piperazine rings is 1. The van der Waals surface area contributed by atoms with Gasteiger partial charge in [-0.3, -0.25) is 9.59 Å². The third kappa shape index (κ3) is 3.97. The number of Topliss-reactive ketones (excluding diaryl/α,β-unsaturated/α-hetero) is 1. The normalized spacial score (nSPS) is 19.8. The van der Waals surface area contributed by atoms with E-state index >= 15 is 0 Å². The molecule has 4 rings (SSSR count). The van der Waals surface area contributed by atoms with Gasteiger partial charge in [-0.05, 0) is 37.1 Å². The molecule has 1 atom stereocenters. The van der Waals surface area contributed by atoms with Gasteiger partial charge in [0.05, 0.1) is 10.1 Å². The molecule has 0 N–H and O–H groups in total. The third-order valence-corrected chi connectivity index (χ3v) is 8.59. The Bertz CT molecular complexity index is 1020. The second kappa shape index (κ2) is 7.93. The Balaban J connectivity index is 1.39. The molecular formula is C21H22N2O4S2. The van der Waals surface area contributed by atoms with Gasteiger partial charge in [0.15, 0.2) is 5.78 Å². The monoisotopic (exact) mass is 430 g/mol. The van der Waals surface area contributed by atoms with Gasteiger partial charge in [-0.1, -0.05) is 30.3 Å². The molecule has 1 unspecified atom stereocenters. The number of fused-ring (bicyclic) bond motifs is 1. The number of hydrogen-bond donors (Lipinski definition) is 0. The largest absolute Gasteiger partial charge is 0.339 e. The Morgan fingerprint density at radius 2 is 1.62 bits per heavy atom. The minimum absolute atomic E-state index is 0.0778. The van der Waals surface area contributed by atoms with Gasteiger partial charge >= 0.3 is 0 Å². The van der Waals surface area contributed by atoms with Crippen LogP contribution in [-0.2, 0) is 21.2 Å². The minimum atomic E-state index is -3.64. The third-order valence-electron chi connectivity index (χ3n) is 5.37. The number of amides is 1. The predicted octanol–water partition coefficient (Wildman–Crippen LogP) is 2.44. The molecule has 2 heterocycles. The Kier molecular flexibility index (Phi) is 5.50. The molecule has 2 aliphatic heterocycles. The Labute approximate surface area is 174 Å². The first-order valence-electron chi connectivity index (χ1n) is 9.51. The molecular weight excluding hydrogens is 408 g/mol. The van der Waals surface area contributed by atoms with E-state index in [0.717, 1.165) is 11.3 Å². The second-order valence-corrected chi connectivity index (χ2v) is 10.4. The van der Waals surface area contributed by atoms with Gasteiger partial charge in [0.2, 0.25) is 15.9 Å². The van der Waals surface area contributed by atoms with E-state index in [1.165, 1.54) is 41.1 Å². The van der Waals surface area contributed by atoms with E-state index in [1.807, 2.05) is 18.2 Å². The fraction of sp³-hybridized carbons (Fsp3) is 0.333. The summed E-state index contributed by atoms with van der Waals surface area (Å²) in [7, 11) is -3.64. The fourth-order valence-electron chi connectivity index (χ4n) is 3.68. The van der Waals surface area contributed by atoms with Crippen LogP contribution in [0.2, 0.25) is 0 Å². The van der Waals surface area contributed by atoms with Crippen LogP contribution in [0.4, 0.5) is 0 Å². The van der Waals surface area contributed by atoms with Crippen LogP contribution in [0.15, 0.2) is 58.3 Å². The maximum Gasteiger partial charge on any atom is 0.243 e. The lowest BCUT2D eigenvalue weighted by atomic mass is 10.1. The van der Waals surface area contributed by atoms with Crippen LogP contribution in [0.3, 0.4) is 0 Å². The molecule has 6 nitrogen and oxygen atoms in total. The maximum absolute atomic E-state index is 12.9. The zero-order valence-corrected chi connectivity index (χ0v) is 17.7. The summed E-state index contributed by atoms with van der Waals surface area (Å²) < 4.78 is 27.2. The van der Waals surface area contributed by atoms with Gasteiger partial charge in [-0.25, -0.2) is 8.42 Å². The molecule has 1 fully saturated rings. The van der Waals surface area contributed by atoms with Gasteiger partial charge in [0.1, 0.15) is 0 Å². The summed E-state index contributed by atoms with van der Waals surface area (Å²) in [6, 6.07) is 14.1. The number of benzene rings is 2. The molecule has 0 radical (unpaired) electrons. The van der Waals surface area contributed by atoms with Crippen LogP contribution in [0.25, 0.3) is 0 Å². The van der Waals surface area contributed by atoms with Crippen molar-refractivity contribution in [2.45, 2.75) is 28.4 Å². The van der Waals surface area contributed by atoms with Crippen molar-refractivity contribution in [1.29, 1.82) is 0 Å². The molecule has 0 saturated carbocycles. The maximum atomic E-state index is 12.9.